The molecule has 2 unspecified atom stereocenters. The van der Waals surface area contributed by atoms with Crippen molar-refractivity contribution in [2.24, 2.45) is 4.99 Å². The van der Waals surface area contributed by atoms with E-state index in [-0.39, 0.29) is 30.1 Å². The van der Waals surface area contributed by atoms with E-state index in [9.17, 15) is 0 Å². The molecule has 1 N–H and O–H groups in total. The molecule has 2 aliphatic rings. The fraction of sp³-hybridized carbons (Fsp3) is 0.478. The Labute approximate surface area is 202 Å². The number of likely N-dealkylation sites (tertiary alicyclic amines) is 1. The number of ether oxygens (including phenoxy) is 1. The van der Waals surface area contributed by atoms with Crippen LogP contribution in [0.25, 0.3) is 0 Å². The van der Waals surface area contributed by atoms with Gasteiger partial charge in [-0.2, -0.15) is 0 Å². The second kappa shape index (κ2) is 11.1. The molecule has 2 saturated heterocycles. The van der Waals surface area contributed by atoms with Gasteiger partial charge in [0.05, 0.1) is 18.8 Å². The highest BCUT2D eigenvalue weighted by Crippen LogP contribution is 2.25. The molecule has 2 aliphatic heterocycles. The van der Waals surface area contributed by atoms with Gasteiger partial charge in [0.15, 0.2) is 5.96 Å². The van der Waals surface area contributed by atoms with Gasteiger partial charge in [-0.25, -0.2) is 4.98 Å². The number of halogens is 1. The Bertz CT molecular complexity index is 862. The standard InChI is InChI=1S/C23H32N6O.HI/c1-24-23(26-14-19-10-7-11-25-22(19)27(2)3)29-16-20-21(17-29)30-13-12-28(20)15-18-8-5-4-6-9-18;/h4-11,20-21H,12-17H2,1-3H3,(H,24,26);1H. The van der Waals surface area contributed by atoms with Crippen LogP contribution in [0.15, 0.2) is 53.7 Å². The molecule has 2 aromatic rings. The number of nitrogens with one attached hydrogen (secondary N) is 1. The second-order valence-electron chi connectivity index (χ2n) is 8.12. The van der Waals surface area contributed by atoms with Crippen LogP contribution < -0.4 is 10.2 Å². The van der Waals surface area contributed by atoms with Crippen LogP contribution in [-0.4, -0.2) is 80.3 Å². The summed E-state index contributed by atoms with van der Waals surface area (Å²) < 4.78 is 6.13. The van der Waals surface area contributed by atoms with Crippen molar-refractivity contribution in [3.8, 4) is 0 Å². The Hall–Kier alpha value is -1.91. The predicted molar refractivity (Wildman–Crippen MR) is 136 cm³/mol. The van der Waals surface area contributed by atoms with Gasteiger partial charge in [-0.1, -0.05) is 36.4 Å². The number of fused-ring (bicyclic) bond motifs is 1. The minimum atomic E-state index is 0. The number of nitrogens with zero attached hydrogens (tertiary/aromatic N) is 5. The van der Waals surface area contributed by atoms with Crippen molar-refractivity contribution in [2.75, 3.05) is 52.3 Å². The zero-order valence-electron chi connectivity index (χ0n) is 18.6. The Morgan fingerprint density at radius 2 is 2.00 bits per heavy atom. The largest absolute Gasteiger partial charge is 0.373 e. The number of aliphatic imine (C=N–C) groups is 1. The number of hydrogen-bond donors (Lipinski definition) is 1. The van der Waals surface area contributed by atoms with E-state index in [0.29, 0.717) is 12.6 Å². The lowest BCUT2D eigenvalue weighted by Gasteiger charge is -2.36. The van der Waals surface area contributed by atoms with E-state index in [4.69, 9.17) is 4.74 Å². The third kappa shape index (κ3) is 5.67. The highest BCUT2D eigenvalue weighted by atomic mass is 127. The summed E-state index contributed by atoms with van der Waals surface area (Å²) in [6.45, 7) is 5.20. The first-order chi connectivity index (χ1) is 14.7. The Morgan fingerprint density at radius 3 is 2.74 bits per heavy atom. The molecule has 2 atom stereocenters. The van der Waals surface area contributed by atoms with Crippen LogP contribution in [0.2, 0.25) is 0 Å². The molecule has 168 valence electrons. The average Bonchev–Trinajstić information content (AvgIpc) is 3.20. The average molecular weight is 536 g/mol. The molecule has 0 amide bonds. The van der Waals surface area contributed by atoms with Gasteiger partial charge in [0.1, 0.15) is 5.82 Å². The first-order valence-corrected chi connectivity index (χ1v) is 10.6. The van der Waals surface area contributed by atoms with Crippen LogP contribution in [-0.2, 0) is 17.8 Å². The monoisotopic (exact) mass is 536 g/mol. The molecule has 1 aromatic carbocycles. The predicted octanol–water partition coefficient (Wildman–Crippen LogP) is 2.43. The number of guanidine groups is 1. The Morgan fingerprint density at radius 1 is 1.19 bits per heavy atom. The van der Waals surface area contributed by atoms with Gasteiger partial charge >= 0.3 is 0 Å². The molecule has 3 heterocycles. The molecule has 0 radical (unpaired) electrons. The fourth-order valence-electron chi connectivity index (χ4n) is 4.42. The van der Waals surface area contributed by atoms with E-state index in [0.717, 1.165) is 50.1 Å². The van der Waals surface area contributed by atoms with Crippen LogP contribution in [0.4, 0.5) is 5.82 Å². The van der Waals surface area contributed by atoms with E-state index in [1.807, 2.05) is 38.3 Å². The van der Waals surface area contributed by atoms with Gasteiger partial charge in [-0.15, -0.1) is 24.0 Å². The summed E-state index contributed by atoms with van der Waals surface area (Å²) in [5, 5.41) is 3.53. The van der Waals surface area contributed by atoms with Crippen LogP contribution in [0.1, 0.15) is 11.1 Å². The number of anilines is 1. The molecule has 0 spiro atoms. The summed E-state index contributed by atoms with van der Waals surface area (Å²) in [7, 11) is 5.89. The van der Waals surface area contributed by atoms with Gasteiger partial charge in [-0.05, 0) is 11.6 Å². The van der Waals surface area contributed by atoms with E-state index in [1.54, 1.807) is 0 Å². The van der Waals surface area contributed by atoms with E-state index in [1.165, 1.54) is 5.56 Å². The molecule has 0 bridgehead atoms. The van der Waals surface area contributed by atoms with E-state index < -0.39 is 0 Å². The van der Waals surface area contributed by atoms with Gasteiger partial charge in [-0.3, -0.25) is 9.89 Å². The highest BCUT2D eigenvalue weighted by Gasteiger charge is 2.41. The fourth-order valence-corrected chi connectivity index (χ4v) is 4.42. The molecular formula is C23H33IN6O. The van der Waals surface area contributed by atoms with E-state index >= 15 is 0 Å². The number of hydrogen-bond acceptors (Lipinski definition) is 5. The maximum atomic E-state index is 6.13. The summed E-state index contributed by atoms with van der Waals surface area (Å²) in [6.07, 6.45) is 2.05. The van der Waals surface area contributed by atoms with Gasteiger partial charge in [0, 0.05) is 65.6 Å². The maximum absolute atomic E-state index is 6.13. The molecule has 2 fully saturated rings. The SMILES string of the molecule is CN=C(NCc1cccnc1N(C)C)N1CC2OCCN(Cc3ccccc3)C2C1.I. The second-order valence-corrected chi connectivity index (χ2v) is 8.12. The summed E-state index contributed by atoms with van der Waals surface area (Å²) in [4.78, 5) is 16.0. The maximum Gasteiger partial charge on any atom is 0.194 e. The van der Waals surface area contributed by atoms with Crippen molar-refractivity contribution in [2.45, 2.75) is 25.2 Å². The molecule has 0 aliphatic carbocycles. The van der Waals surface area contributed by atoms with Gasteiger partial charge in [0.2, 0.25) is 0 Å². The summed E-state index contributed by atoms with van der Waals surface area (Å²) in [5.74, 6) is 1.90. The number of rotatable bonds is 5. The molecule has 7 nitrogen and oxygen atoms in total. The molecule has 8 heteroatoms. The lowest BCUT2D eigenvalue weighted by atomic mass is 10.1. The first kappa shape index (κ1) is 23.7. The zero-order valence-corrected chi connectivity index (χ0v) is 20.9. The third-order valence-corrected chi connectivity index (χ3v) is 5.88. The highest BCUT2D eigenvalue weighted by molar-refractivity contribution is 14.0. The minimum absolute atomic E-state index is 0. The van der Waals surface area contributed by atoms with Crippen LogP contribution in [0.3, 0.4) is 0 Å². The van der Waals surface area contributed by atoms with Crippen LogP contribution in [0, 0.1) is 0 Å². The topological polar surface area (TPSA) is 56.2 Å². The van der Waals surface area contributed by atoms with Crippen LogP contribution in [0.5, 0.6) is 0 Å². The van der Waals surface area contributed by atoms with Crippen molar-refractivity contribution in [1.82, 2.24) is 20.1 Å². The Balaban J connectivity index is 0.00000272. The molecule has 31 heavy (non-hydrogen) atoms. The number of morpholine rings is 1. The molecule has 1 aromatic heterocycles. The summed E-state index contributed by atoms with van der Waals surface area (Å²) in [6, 6.07) is 15.2. The van der Waals surface area contributed by atoms with E-state index in [2.05, 4.69) is 61.5 Å². The van der Waals surface area contributed by atoms with Crippen LogP contribution >= 0.6 is 24.0 Å². The Kier molecular flexibility index (Phi) is 8.50. The minimum Gasteiger partial charge on any atom is -0.373 e. The smallest absolute Gasteiger partial charge is 0.194 e. The summed E-state index contributed by atoms with van der Waals surface area (Å²) in [5.41, 5.74) is 2.51. The van der Waals surface area contributed by atoms with Crippen molar-refractivity contribution in [3.05, 3.63) is 59.8 Å². The number of pyridine rings is 1. The normalized spacial score (nSPS) is 21.4. The van der Waals surface area contributed by atoms with Crippen molar-refractivity contribution in [1.29, 1.82) is 0 Å². The first-order valence-electron chi connectivity index (χ1n) is 10.6. The van der Waals surface area contributed by atoms with Crippen molar-refractivity contribution >= 4 is 35.8 Å². The third-order valence-electron chi connectivity index (χ3n) is 5.88. The quantitative estimate of drug-likeness (QED) is 0.360. The molecular weight excluding hydrogens is 503 g/mol. The zero-order chi connectivity index (χ0) is 20.9. The summed E-state index contributed by atoms with van der Waals surface area (Å²) >= 11 is 0. The molecule has 4 rings (SSSR count). The van der Waals surface area contributed by atoms with Crippen molar-refractivity contribution < 1.29 is 4.74 Å². The lowest BCUT2D eigenvalue weighted by Crippen LogP contribution is -2.50. The molecule has 0 saturated carbocycles. The van der Waals surface area contributed by atoms with Crippen molar-refractivity contribution in [3.63, 3.8) is 0 Å². The van der Waals surface area contributed by atoms with Gasteiger partial charge in [0.25, 0.3) is 0 Å². The number of benzene rings is 1. The lowest BCUT2D eigenvalue weighted by molar-refractivity contribution is -0.0502. The number of aromatic nitrogens is 1. The van der Waals surface area contributed by atoms with Gasteiger partial charge < -0.3 is 19.9 Å².